The van der Waals surface area contributed by atoms with Gasteiger partial charge in [0.1, 0.15) is 12.4 Å². The van der Waals surface area contributed by atoms with Gasteiger partial charge in [-0.05, 0) is 35.9 Å². The molecule has 0 spiro atoms. The molecule has 0 bridgehead atoms. The molecule has 1 aliphatic rings. The minimum Gasteiger partial charge on any atom is -0.449 e. The van der Waals surface area contributed by atoms with Gasteiger partial charge in [-0.1, -0.05) is 24.3 Å². The molecule has 140 valence electrons. The Balaban J connectivity index is 1.86. The molecule has 1 heterocycles. The van der Waals surface area contributed by atoms with Crippen LogP contribution in [0, 0.1) is 5.82 Å². The molecule has 0 aromatic heterocycles. The van der Waals surface area contributed by atoms with Crippen LogP contribution in [-0.2, 0) is 14.3 Å². The SMILES string of the molecule is COCCNC(=O)CN1C(=O)C(=Cc2ccc(F)cc2)Oc2ccccc21. The zero-order valence-electron chi connectivity index (χ0n) is 14.8. The summed E-state index contributed by atoms with van der Waals surface area (Å²) in [4.78, 5) is 26.4. The maximum absolute atomic E-state index is 13.1. The Kier molecular flexibility index (Phi) is 5.83. The Morgan fingerprint density at radius 1 is 1.22 bits per heavy atom. The van der Waals surface area contributed by atoms with Crippen LogP contribution in [0.25, 0.3) is 6.08 Å². The molecule has 2 aromatic rings. The molecule has 2 amide bonds. The number of fused-ring (bicyclic) bond motifs is 1. The largest absolute Gasteiger partial charge is 0.449 e. The van der Waals surface area contributed by atoms with Crippen molar-refractivity contribution in [2.24, 2.45) is 0 Å². The molecule has 0 atom stereocenters. The number of carbonyl (C=O) groups is 2. The molecule has 7 heteroatoms. The van der Waals surface area contributed by atoms with Crippen LogP contribution in [0.3, 0.4) is 0 Å². The standard InChI is InChI=1S/C20H19FN2O4/c1-26-11-10-22-19(24)13-23-16-4-2-3-5-17(16)27-18(20(23)25)12-14-6-8-15(21)9-7-14/h2-9,12H,10-11,13H2,1H3,(H,22,24). The van der Waals surface area contributed by atoms with E-state index in [4.69, 9.17) is 9.47 Å². The normalized spacial score (nSPS) is 14.7. The van der Waals surface area contributed by atoms with Crippen LogP contribution in [-0.4, -0.2) is 38.6 Å². The number of nitrogens with zero attached hydrogens (tertiary/aromatic N) is 1. The van der Waals surface area contributed by atoms with E-state index in [2.05, 4.69) is 5.32 Å². The number of benzene rings is 2. The second-order valence-electron chi connectivity index (χ2n) is 5.86. The van der Waals surface area contributed by atoms with Gasteiger partial charge in [0.05, 0.1) is 12.3 Å². The second-order valence-corrected chi connectivity index (χ2v) is 5.86. The maximum atomic E-state index is 13.1. The molecular weight excluding hydrogens is 351 g/mol. The molecular formula is C20H19FN2O4. The van der Waals surface area contributed by atoms with E-state index in [1.54, 1.807) is 43.5 Å². The summed E-state index contributed by atoms with van der Waals surface area (Å²) in [6.07, 6.45) is 1.52. The lowest BCUT2D eigenvalue weighted by Crippen LogP contribution is -2.44. The monoisotopic (exact) mass is 370 g/mol. The zero-order chi connectivity index (χ0) is 19.2. The van der Waals surface area contributed by atoms with Crippen LogP contribution in [0.1, 0.15) is 5.56 Å². The van der Waals surface area contributed by atoms with Crippen molar-refractivity contribution in [1.29, 1.82) is 0 Å². The highest BCUT2D eigenvalue weighted by atomic mass is 19.1. The van der Waals surface area contributed by atoms with E-state index in [9.17, 15) is 14.0 Å². The Bertz CT molecular complexity index is 865. The number of ether oxygens (including phenoxy) is 2. The number of rotatable bonds is 6. The Hall–Kier alpha value is -3.19. The van der Waals surface area contributed by atoms with E-state index in [1.807, 2.05) is 0 Å². The molecule has 27 heavy (non-hydrogen) atoms. The highest BCUT2D eigenvalue weighted by molar-refractivity contribution is 6.12. The first kappa shape index (κ1) is 18.6. The van der Waals surface area contributed by atoms with Crippen molar-refractivity contribution < 1.29 is 23.5 Å². The fourth-order valence-corrected chi connectivity index (χ4v) is 2.62. The average Bonchev–Trinajstić information content (AvgIpc) is 2.67. The van der Waals surface area contributed by atoms with Gasteiger partial charge in [0.25, 0.3) is 5.91 Å². The summed E-state index contributed by atoms with van der Waals surface area (Å²) < 4.78 is 23.7. The van der Waals surface area contributed by atoms with Crippen molar-refractivity contribution >= 4 is 23.6 Å². The van der Waals surface area contributed by atoms with Crippen LogP contribution in [0.4, 0.5) is 10.1 Å². The van der Waals surface area contributed by atoms with Crippen LogP contribution in [0.15, 0.2) is 54.3 Å². The zero-order valence-corrected chi connectivity index (χ0v) is 14.8. The van der Waals surface area contributed by atoms with Gasteiger partial charge in [-0.25, -0.2) is 4.39 Å². The van der Waals surface area contributed by atoms with Crippen molar-refractivity contribution in [1.82, 2.24) is 5.32 Å². The number of hydrogen-bond donors (Lipinski definition) is 1. The molecule has 0 unspecified atom stereocenters. The number of halogens is 1. The van der Waals surface area contributed by atoms with E-state index in [1.165, 1.54) is 23.1 Å². The third-order valence-corrected chi connectivity index (χ3v) is 3.93. The number of methoxy groups -OCH3 is 1. The Labute approximate surface area is 156 Å². The number of para-hydroxylation sites is 2. The van der Waals surface area contributed by atoms with Gasteiger partial charge < -0.3 is 14.8 Å². The van der Waals surface area contributed by atoms with Crippen LogP contribution in [0.5, 0.6) is 5.75 Å². The summed E-state index contributed by atoms with van der Waals surface area (Å²) in [6.45, 7) is 0.590. The van der Waals surface area contributed by atoms with E-state index >= 15 is 0 Å². The highest BCUT2D eigenvalue weighted by Gasteiger charge is 2.31. The summed E-state index contributed by atoms with van der Waals surface area (Å²) in [6, 6.07) is 12.7. The number of anilines is 1. The first-order valence-corrected chi connectivity index (χ1v) is 8.40. The molecule has 1 N–H and O–H groups in total. The van der Waals surface area contributed by atoms with Crippen LogP contribution in [0.2, 0.25) is 0 Å². The number of carbonyl (C=O) groups excluding carboxylic acids is 2. The van der Waals surface area contributed by atoms with Crippen molar-refractivity contribution in [3.05, 3.63) is 65.7 Å². The second kappa shape index (κ2) is 8.46. The van der Waals surface area contributed by atoms with Crippen LogP contribution < -0.4 is 15.0 Å². The molecule has 1 aliphatic heterocycles. The number of nitrogens with one attached hydrogen (secondary N) is 1. The van der Waals surface area contributed by atoms with Gasteiger partial charge in [-0.2, -0.15) is 0 Å². The van der Waals surface area contributed by atoms with Crippen molar-refractivity contribution in [3.63, 3.8) is 0 Å². The fourth-order valence-electron chi connectivity index (χ4n) is 2.62. The summed E-state index contributed by atoms with van der Waals surface area (Å²) in [5.74, 6) is -0.592. The van der Waals surface area contributed by atoms with Gasteiger partial charge in [0, 0.05) is 13.7 Å². The Morgan fingerprint density at radius 2 is 1.96 bits per heavy atom. The van der Waals surface area contributed by atoms with E-state index in [0.717, 1.165) is 0 Å². The Morgan fingerprint density at radius 3 is 2.70 bits per heavy atom. The van der Waals surface area contributed by atoms with Gasteiger partial charge in [0.15, 0.2) is 11.5 Å². The number of hydrogen-bond acceptors (Lipinski definition) is 4. The third-order valence-electron chi connectivity index (χ3n) is 3.93. The smallest absolute Gasteiger partial charge is 0.294 e. The minimum absolute atomic E-state index is 0.0602. The predicted octanol–water partition coefficient (Wildman–Crippen LogP) is 2.35. The topological polar surface area (TPSA) is 67.9 Å². The molecule has 0 saturated heterocycles. The van der Waals surface area contributed by atoms with E-state index in [0.29, 0.717) is 30.2 Å². The maximum Gasteiger partial charge on any atom is 0.294 e. The molecule has 2 aromatic carbocycles. The van der Waals surface area contributed by atoms with Gasteiger partial charge in [-0.3, -0.25) is 14.5 Å². The lowest BCUT2D eigenvalue weighted by molar-refractivity contribution is -0.123. The lowest BCUT2D eigenvalue weighted by Gasteiger charge is -2.30. The van der Waals surface area contributed by atoms with Crippen molar-refractivity contribution in [2.75, 3.05) is 31.7 Å². The highest BCUT2D eigenvalue weighted by Crippen LogP contribution is 2.35. The van der Waals surface area contributed by atoms with Gasteiger partial charge in [0.2, 0.25) is 5.91 Å². The third kappa shape index (κ3) is 4.51. The van der Waals surface area contributed by atoms with Gasteiger partial charge in [-0.15, -0.1) is 0 Å². The lowest BCUT2D eigenvalue weighted by atomic mass is 10.1. The quantitative estimate of drug-likeness (QED) is 0.626. The van der Waals surface area contributed by atoms with Crippen molar-refractivity contribution in [2.45, 2.75) is 0 Å². The predicted molar refractivity (Wildman–Crippen MR) is 98.7 cm³/mol. The number of amides is 2. The molecule has 3 rings (SSSR count). The summed E-state index contributed by atoms with van der Waals surface area (Å²) in [7, 11) is 1.54. The summed E-state index contributed by atoms with van der Waals surface area (Å²) in [5.41, 5.74) is 1.13. The summed E-state index contributed by atoms with van der Waals surface area (Å²) >= 11 is 0. The van der Waals surface area contributed by atoms with Crippen LogP contribution >= 0.6 is 0 Å². The van der Waals surface area contributed by atoms with E-state index < -0.39 is 5.91 Å². The van der Waals surface area contributed by atoms with Gasteiger partial charge >= 0.3 is 0 Å². The fraction of sp³-hybridized carbons (Fsp3) is 0.200. The minimum atomic E-state index is -0.445. The molecule has 0 radical (unpaired) electrons. The molecule has 6 nitrogen and oxygen atoms in total. The first-order chi connectivity index (χ1) is 13.1. The molecule has 0 saturated carbocycles. The van der Waals surface area contributed by atoms with Crippen molar-refractivity contribution in [3.8, 4) is 5.75 Å². The average molecular weight is 370 g/mol. The molecule has 0 aliphatic carbocycles. The van der Waals surface area contributed by atoms with E-state index in [-0.39, 0.29) is 24.0 Å². The molecule has 0 fully saturated rings. The summed E-state index contributed by atoms with van der Waals surface area (Å²) in [5, 5.41) is 2.69. The first-order valence-electron chi connectivity index (χ1n) is 8.40.